The highest BCUT2D eigenvalue weighted by molar-refractivity contribution is 7.18. The second kappa shape index (κ2) is 4.97. The number of benzene rings is 2. The number of hydrogen-bond acceptors (Lipinski definition) is 4. The summed E-state index contributed by atoms with van der Waals surface area (Å²) in [6.07, 6.45) is 1.42. The van der Waals surface area contributed by atoms with Gasteiger partial charge in [-0.3, -0.25) is 4.79 Å². The van der Waals surface area contributed by atoms with E-state index in [1.807, 2.05) is 36.4 Å². The monoisotopic (exact) mass is 294 g/mol. The normalized spacial score (nSPS) is 13.1. The van der Waals surface area contributed by atoms with Crippen molar-refractivity contribution >= 4 is 33.0 Å². The number of carbonyl (C=O) groups is 1. The van der Waals surface area contributed by atoms with Gasteiger partial charge in [0.15, 0.2) is 5.78 Å². The number of fused-ring (bicyclic) bond motifs is 2. The summed E-state index contributed by atoms with van der Waals surface area (Å²) >= 11 is 1.60. The van der Waals surface area contributed by atoms with Crippen molar-refractivity contribution in [1.29, 1.82) is 0 Å². The molecule has 2 aromatic carbocycles. The molecule has 0 unspecified atom stereocenters. The molecule has 104 valence electrons. The van der Waals surface area contributed by atoms with E-state index in [4.69, 9.17) is 0 Å². The number of para-hydroxylation sites is 1. The number of thiazole rings is 1. The van der Waals surface area contributed by atoms with Gasteiger partial charge in [0.1, 0.15) is 5.01 Å². The average Bonchev–Trinajstić information content (AvgIpc) is 3.11. The largest absolute Gasteiger partial charge is 0.384 e. The number of anilines is 1. The van der Waals surface area contributed by atoms with Gasteiger partial charge >= 0.3 is 0 Å². The Kier molecular flexibility index (Phi) is 2.97. The third-order valence-electron chi connectivity index (χ3n) is 3.79. The Morgan fingerprint density at radius 2 is 2.14 bits per heavy atom. The lowest BCUT2D eigenvalue weighted by molar-refractivity contribution is 0.0993. The minimum atomic E-state index is 0.130. The number of ketones is 1. The maximum absolute atomic E-state index is 12.4. The summed E-state index contributed by atoms with van der Waals surface area (Å²) in [5.74, 6) is 0.130. The van der Waals surface area contributed by atoms with Crippen LogP contribution in [0.2, 0.25) is 0 Å². The van der Waals surface area contributed by atoms with Gasteiger partial charge in [-0.2, -0.15) is 0 Å². The molecule has 0 fully saturated rings. The Bertz CT molecular complexity index is 805. The summed E-state index contributed by atoms with van der Waals surface area (Å²) in [6, 6.07) is 14.0. The number of nitrogens with zero attached hydrogens (tertiary/aromatic N) is 1. The third kappa shape index (κ3) is 2.32. The molecular weight excluding hydrogens is 280 g/mol. The Morgan fingerprint density at radius 1 is 1.24 bits per heavy atom. The molecule has 0 spiro atoms. The average molecular weight is 294 g/mol. The van der Waals surface area contributed by atoms with E-state index in [2.05, 4.69) is 16.4 Å². The van der Waals surface area contributed by atoms with E-state index in [9.17, 15) is 4.79 Å². The maximum Gasteiger partial charge on any atom is 0.169 e. The van der Waals surface area contributed by atoms with Crippen LogP contribution in [-0.4, -0.2) is 17.3 Å². The van der Waals surface area contributed by atoms with Gasteiger partial charge in [0, 0.05) is 17.8 Å². The van der Waals surface area contributed by atoms with Gasteiger partial charge in [-0.1, -0.05) is 24.3 Å². The first-order valence-corrected chi connectivity index (χ1v) is 7.86. The van der Waals surface area contributed by atoms with Crippen LogP contribution in [0.1, 0.15) is 20.9 Å². The van der Waals surface area contributed by atoms with Gasteiger partial charge in [-0.25, -0.2) is 4.98 Å². The summed E-state index contributed by atoms with van der Waals surface area (Å²) in [6.45, 7) is 0.963. The van der Waals surface area contributed by atoms with Crippen molar-refractivity contribution in [3.63, 3.8) is 0 Å². The van der Waals surface area contributed by atoms with Crippen molar-refractivity contribution in [1.82, 2.24) is 4.98 Å². The highest BCUT2D eigenvalue weighted by Crippen LogP contribution is 2.26. The van der Waals surface area contributed by atoms with Gasteiger partial charge in [-0.05, 0) is 30.2 Å². The van der Waals surface area contributed by atoms with Gasteiger partial charge in [0.25, 0.3) is 0 Å². The van der Waals surface area contributed by atoms with Crippen molar-refractivity contribution < 1.29 is 4.79 Å². The van der Waals surface area contributed by atoms with Crippen LogP contribution in [-0.2, 0) is 12.8 Å². The van der Waals surface area contributed by atoms with Gasteiger partial charge in [0.05, 0.1) is 16.6 Å². The lowest BCUT2D eigenvalue weighted by Crippen LogP contribution is -2.03. The Labute approximate surface area is 126 Å². The Morgan fingerprint density at radius 3 is 3.05 bits per heavy atom. The molecule has 1 N–H and O–H groups in total. The van der Waals surface area contributed by atoms with E-state index in [1.165, 1.54) is 5.56 Å². The fourth-order valence-electron chi connectivity index (χ4n) is 2.70. The van der Waals surface area contributed by atoms with Crippen LogP contribution in [0.4, 0.5) is 5.69 Å². The molecule has 0 radical (unpaired) electrons. The molecule has 0 saturated heterocycles. The molecule has 1 aliphatic heterocycles. The zero-order chi connectivity index (χ0) is 14.2. The molecule has 1 aliphatic rings. The van der Waals surface area contributed by atoms with Crippen molar-refractivity contribution in [2.75, 3.05) is 11.9 Å². The minimum Gasteiger partial charge on any atom is -0.384 e. The summed E-state index contributed by atoms with van der Waals surface area (Å²) in [7, 11) is 0. The number of aromatic nitrogens is 1. The molecule has 0 bridgehead atoms. The predicted octanol–water partition coefficient (Wildman–Crippen LogP) is 3.69. The number of hydrogen-bond donors (Lipinski definition) is 1. The van der Waals surface area contributed by atoms with Crippen LogP contribution in [0.3, 0.4) is 0 Å². The molecule has 0 aliphatic carbocycles. The van der Waals surface area contributed by atoms with Crippen LogP contribution < -0.4 is 5.32 Å². The second-order valence-electron chi connectivity index (χ2n) is 5.22. The zero-order valence-corrected chi connectivity index (χ0v) is 12.2. The summed E-state index contributed by atoms with van der Waals surface area (Å²) in [5, 5.41) is 4.20. The molecule has 21 heavy (non-hydrogen) atoms. The van der Waals surface area contributed by atoms with Crippen LogP contribution in [0, 0.1) is 0 Å². The molecule has 3 nitrogen and oxygen atoms in total. The minimum absolute atomic E-state index is 0.130. The number of rotatable bonds is 3. The van der Waals surface area contributed by atoms with Crippen LogP contribution in [0.25, 0.3) is 10.2 Å². The van der Waals surface area contributed by atoms with Crippen molar-refractivity contribution in [2.45, 2.75) is 12.8 Å². The molecule has 0 atom stereocenters. The van der Waals surface area contributed by atoms with Gasteiger partial charge in [0.2, 0.25) is 0 Å². The number of Topliss-reactive ketones (excluding diaryl/α,β-unsaturated/α-hetero) is 1. The topological polar surface area (TPSA) is 42.0 Å². The molecule has 3 aromatic rings. The number of nitrogens with one attached hydrogen (secondary N) is 1. The summed E-state index contributed by atoms with van der Waals surface area (Å²) in [4.78, 5) is 17.0. The Balaban J connectivity index is 1.60. The maximum atomic E-state index is 12.4. The predicted molar refractivity (Wildman–Crippen MR) is 86.3 cm³/mol. The van der Waals surface area contributed by atoms with Gasteiger partial charge in [-0.15, -0.1) is 11.3 Å². The van der Waals surface area contributed by atoms with Gasteiger partial charge < -0.3 is 5.32 Å². The highest BCUT2D eigenvalue weighted by atomic mass is 32.1. The Hall–Kier alpha value is -2.20. The van der Waals surface area contributed by atoms with E-state index in [0.29, 0.717) is 6.42 Å². The van der Waals surface area contributed by atoms with E-state index >= 15 is 0 Å². The van der Waals surface area contributed by atoms with E-state index < -0.39 is 0 Å². The molecule has 4 rings (SSSR count). The highest BCUT2D eigenvalue weighted by Gasteiger charge is 2.15. The van der Waals surface area contributed by atoms with E-state index in [0.717, 1.165) is 39.4 Å². The van der Waals surface area contributed by atoms with Crippen LogP contribution in [0.5, 0.6) is 0 Å². The molecule has 0 amide bonds. The van der Waals surface area contributed by atoms with Crippen molar-refractivity contribution in [3.8, 4) is 0 Å². The fourth-order valence-corrected chi connectivity index (χ4v) is 3.67. The fraction of sp³-hybridized carbons (Fsp3) is 0.176. The molecule has 2 heterocycles. The first kappa shape index (κ1) is 12.5. The second-order valence-corrected chi connectivity index (χ2v) is 6.34. The zero-order valence-electron chi connectivity index (χ0n) is 11.4. The third-order valence-corrected chi connectivity index (χ3v) is 4.83. The molecular formula is C17H14N2OS. The quantitative estimate of drug-likeness (QED) is 0.749. The molecule has 1 aromatic heterocycles. The smallest absolute Gasteiger partial charge is 0.169 e. The van der Waals surface area contributed by atoms with E-state index in [-0.39, 0.29) is 5.78 Å². The summed E-state index contributed by atoms with van der Waals surface area (Å²) in [5.41, 5.74) is 4.14. The first-order valence-electron chi connectivity index (χ1n) is 7.04. The lowest BCUT2D eigenvalue weighted by Gasteiger charge is -2.03. The molecule has 0 saturated carbocycles. The number of carbonyl (C=O) groups excluding carboxylic acids is 1. The lowest BCUT2D eigenvalue weighted by atomic mass is 10.0. The van der Waals surface area contributed by atoms with Crippen molar-refractivity contribution in [2.24, 2.45) is 0 Å². The SMILES string of the molecule is O=C(Cc1nc2ccccc2s1)c1ccc2c(c1)NCC2. The van der Waals surface area contributed by atoms with E-state index in [1.54, 1.807) is 11.3 Å². The van der Waals surface area contributed by atoms with Crippen LogP contribution >= 0.6 is 11.3 Å². The summed E-state index contributed by atoms with van der Waals surface area (Å²) < 4.78 is 1.14. The standard InChI is InChI=1S/C17H14N2OS/c20-15(12-6-5-11-7-8-18-14(11)9-12)10-17-19-13-3-1-2-4-16(13)21-17/h1-6,9,18H,7-8,10H2. The van der Waals surface area contributed by atoms with Crippen molar-refractivity contribution in [3.05, 3.63) is 58.6 Å². The first-order chi connectivity index (χ1) is 10.3. The molecule has 4 heteroatoms. The van der Waals surface area contributed by atoms with Crippen LogP contribution in [0.15, 0.2) is 42.5 Å².